The summed E-state index contributed by atoms with van der Waals surface area (Å²) in [7, 11) is 1.40. The van der Waals surface area contributed by atoms with E-state index in [-0.39, 0.29) is 36.6 Å². The predicted molar refractivity (Wildman–Crippen MR) is 185 cm³/mol. The molecule has 3 aromatic rings. The minimum atomic E-state index is -1.61. The lowest BCUT2D eigenvalue weighted by molar-refractivity contribution is -0.143. The Balaban J connectivity index is 1.45. The van der Waals surface area contributed by atoms with Crippen LogP contribution in [0.3, 0.4) is 0 Å². The molecule has 0 radical (unpaired) electrons. The number of halogens is 3. The average molecular weight is 814 g/mol. The number of methoxy groups -OCH3 is 1. The van der Waals surface area contributed by atoms with Gasteiger partial charge >= 0.3 is 5.97 Å². The Kier molecular flexibility index (Phi) is 8.61. The number of aromatic hydroxyl groups is 1. The van der Waals surface area contributed by atoms with Gasteiger partial charge in [-0.1, -0.05) is 35.4 Å². The average Bonchev–Trinajstić information content (AvgIpc) is 3.46. The maximum absolute atomic E-state index is 15.2. The molecule has 7 rings (SSSR count). The number of phenols is 1. The molecule has 3 N–H and O–H groups in total. The minimum Gasteiger partial charge on any atom is -0.504 e. The zero-order valence-corrected chi connectivity index (χ0v) is 29.4. The van der Waals surface area contributed by atoms with E-state index in [2.05, 4.69) is 5.43 Å². The molecular formula is C36H30ClFIN3O8. The Hall–Kier alpha value is -4.50. The molecule has 2 saturated heterocycles. The van der Waals surface area contributed by atoms with Gasteiger partial charge in [0.1, 0.15) is 5.82 Å². The van der Waals surface area contributed by atoms with Gasteiger partial charge in [0.25, 0.3) is 11.8 Å². The van der Waals surface area contributed by atoms with Crippen molar-refractivity contribution in [3.05, 3.63) is 97.8 Å². The number of benzene rings is 3. The fraction of sp³-hybridized carbons (Fsp3) is 0.306. The van der Waals surface area contributed by atoms with Gasteiger partial charge in [-0.25, -0.2) is 4.39 Å². The largest absolute Gasteiger partial charge is 0.504 e. The number of likely N-dealkylation sites (tertiary alicyclic amines) is 1. The zero-order chi connectivity index (χ0) is 35.6. The monoisotopic (exact) mass is 813 g/mol. The van der Waals surface area contributed by atoms with E-state index in [1.807, 2.05) is 28.7 Å². The molecule has 0 spiro atoms. The van der Waals surface area contributed by atoms with Gasteiger partial charge in [-0.15, -0.1) is 0 Å². The number of allylic oxidation sites excluding steroid dienone is 2. The van der Waals surface area contributed by atoms with E-state index in [1.165, 1.54) is 31.4 Å². The number of hydrogen-bond acceptors (Lipinski definition) is 8. The van der Waals surface area contributed by atoms with E-state index in [0.29, 0.717) is 25.3 Å². The molecule has 258 valence electrons. The number of nitrogens with zero attached hydrogens (tertiary/aromatic N) is 2. The van der Waals surface area contributed by atoms with Crippen molar-refractivity contribution in [2.24, 2.45) is 23.7 Å². The first-order chi connectivity index (χ1) is 23.9. The summed E-state index contributed by atoms with van der Waals surface area (Å²) in [5, 5.41) is 21.5. The van der Waals surface area contributed by atoms with Crippen LogP contribution in [0.5, 0.6) is 11.5 Å². The summed E-state index contributed by atoms with van der Waals surface area (Å²) in [5.41, 5.74) is 3.26. The Labute approximate surface area is 304 Å². The number of amides is 4. The number of imide groups is 2. The number of fused-ring (bicyclic) bond motifs is 4. The van der Waals surface area contributed by atoms with Crippen molar-refractivity contribution in [3.8, 4) is 11.5 Å². The molecule has 6 atom stereocenters. The van der Waals surface area contributed by atoms with E-state index < -0.39 is 76.8 Å². The summed E-state index contributed by atoms with van der Waals surface area (Å²) >= 11 is 8.28. The minimum absolute atomic E-state index is 0.0242. The van der Waals surface area contributed by atoms with E-state index in [1.54, 1.807) is 36.4 Å². The number of phenolic OH excluding ortho intramolecular Hbond substituents is 1. The van der Waals surface area contributed by atoms with Crippen molar-refractivity contribution in [1.29, 1.82) is 0 Å². The number of ether oxygens (including phenoxy) is 1. The van der Waals surface area contributed by atoms with Crippen molar-refractivity contribution in [2.45, 2.75) is 30.6 Å². The molecule has 0 bridgehead atoms. The van der Waals surface area contributed by atoms with Gasteiger partial charge in [-0.3, -0.25) is 34.3 Å². The van der Waals surface area contributed by atoms with Crippen molar-refractivity contribution in [2.75, 3.05) is 19.1 Å². The Morgan fingerprint density at radius 1 is 1.04 bits per heavy atom. The third-order valence-corrected chi connectivity index (χ3v) is 11.6. The Morgan fingerprint density at radius 3 is 2.40 bits per heavy atom. The van der Waals surface area contributed by atoms with Crippen molar-refractivity contribution in [1.82, 2.24) is 9.91 Å². The number of hydrogen-bond donors (Lipinski definition) is 3. The van der Waals surface area contributed by atoms with Gasteiger partial charge < -0.3 is 14.9 Å². The summed E-state index contributed by atoms with van der Waals surface area (Å²) in [5.74, 6) is -8.06. The molecule has 4 aliphatic rings. The molecule has 0 aromatic heterocycles. The van der Waals surface area contributed by atoms with Crippen LogP contribution in [0, 0.1) is 33.1 Å². The lowest BCUT2D eigenvalue weighted by Gasteiger charge is -2.50. The maximum atomic E-state index is 15.2. The van der Waals surface area contributed by atoms with Crippen LogP contribution in [0.4, 0.5) is 10.1 Å². The molecule has 3 fully saturated rings. The predicted octanol–water partition coefficient (Wildman–Crippen LogP) is 5.26. The standard InChI is InChI=1S/C36H30ClFIN3O8/c1-50-27-15-17(14-26(39)31(27)45)30-22-10-11-23-29(34(48)41(32(23)46)13-12-28(43)44)24(22)16-25-33(47)42(40-21-8-6-20(38)7-9-21)35(49)36(25,30)18-2-4-19(37)5-3-18/h2-10,14-15,23-25,29-30,40,45H,11-13,16H2,1H3,(H,43,44). The number of carboxylic acid groups (broad SMARTS) is 1. The number of nitrogens with one attached hydrogen (secondary N) is 1. The number of carboxylic acids is 1. The number of carbonyl (C=O) groups excluding carboxylic acids is 4. The lowest BCUT2D eigenvalue weighted by Crippen LogP contribution is -2.53. The van der Waals surface area contributed by atoms with Crippen LogP contribution in [-0.4, -0.2) is 63.4 Å². The second-order valence-corrected chi connectivity index (χ2v) is 14.5. The quantitative estimate of drug-likeness (QED) is 0.157. The SMILES string of the molecule is COc1cc(C2C3=CCC4C(=O)N(CCC(=O)O)C(=O)C4C3CC3C(=O)N(Nc4ccc(F)cc4)C(=O)C32c2ccc(Cl)cc2)cc(I)c1O. The highest BCUT2D eigenvalue weighted by Crippen LogP contribution is 2.64. The normalized spacial score (nSPS) is 27.1. The fourth-order valence-electron chi connectivity index (χ4n) is 8.44. The van der Waals surface area contributed by atoms with E-state index in [9.17, 15) is 33.8 Å². The van der Waals surface area contributed by atoms with Crippen LogP contribution in [0.25, 0.3) is 0 Å². The summed E-state index contributed by atoms with van der Waals surface area (Å²) < 4.78 is 19.8. The molecule has 1 saturated carbocycles. The third-order valence-electron chi connectivity index (χ3n) is 10.5. The van der Waals surface area contributed by atoms with Gasteiger partial charge in [0.15, 0.2) is 11.5 Å². The molecule has 4 amide bonds. The highest BCUT2D eigenvalue weighted by atomic mass is 127. The Bertz CT molecular complexity index is 1990. The molecule has 2 heterocycles. The van der Waals surface area contributed by atoms with Crippen LogP contribution in [0.15, 0.2) is 72.3 Å². The summed E-state index contributed by atoms with van der Waals surface area (Å²) in [6, 6.07) is 15.2. The summed E-state index contributed by atoms with van der Waals surface area (Å²) in [4.78, 5) is 69.8. The molecule has 6 unspecified atom stereocenters. The molecule has 3 aromatic carbocycles. The number of hydrazine groups is 1. The van der Waals surface area contributed by atoms with Crippen LogP contribution >= 0.6 is 34.2 Å². The first-order valence-electron chi connectivity index (χ1n) is 15.9. The fourth-order valence-corrected chi connectivity index (χ4v) is 9.19. The van der Waals surface area contributed by atoms with Crippen molar-refractivity contribution in [3.63, 3.8) is 0 Å². The van der Waals surface area contributed by atoms with Gasteiger partial charge in [-0.2, -0.15) is 5.01 Å². The summed E-state index contributed by atoms with van der Waals surface area (Å²) in [6.45, 7) is -0.274. The van der Waals surface area contributed by atoms with Crippen LogP contribution in [0.2, 0.25) is 5.02 Å². The van der Waals surface area contributed by atoms with E-state index in [0.717, 1.165) is 9.91 Å². The zero-order valence-electron chi connectivity index (χ0n) is 26.4. The van der Waals surface area contributed by atoms with E-state index in [4.69, 9.17) is 16.3 Å². The van der Waals surface area contributed by atoms with Gasteiger partial charge in [0.2, 0.25) is 11.8 Å². The number of carbonyl (C=O) groups is 5. The Morgan fingerprint density at radius 2 is 1.74 bits per heavy atom. The highest BCUT2D eigenvalue weighted by Gasteiger charge is 2.70. The smallest absolute Gasteiger partial charge is 0.305 e. The lowest BCUT2D eigenvalue weighted by atomic mass is 9.49. The summed E-state index contributed by atoms with van der Waals surface area (Å²) in [6.07, 6.45) is 1.65. The molecule has 2 aliphatic carbocycles. The van der Waals surface area contributed by atoms with Crippen molar-refractivity contribution >= 4 is 69.5 Å². The maximum Gasteiger partial charge on any atom is 0.305 e. The van der Waals surface area contributed by atoms with Gasteiger partial charge in [-0.05, 0) is 101 Å². The molecular weight excluding hydrogens is 784 g/mol. The molecule has 50 heavy (non-hydrogen) atoms. The topological polar surface area (TPSA) is 154 Å². The first-order valence-corrected chi connectivity index (χ1v) is 17.3. The van der Waals surface area contributed by atoms with Crippen LogP contribution in [-0.2, 0) is 29.4 Å². The third kappa shape index (κ3) is 5.15. The molecule has 2 aliphatic heterocycles. The number of rotatable bonds is 8. The first kappa shape index (κ1) is 34.0. The van der Waals surface area contributed by atoms with Crippen molar-refractivity contribution < 1.29 is 43.3 Å². The highest BCUT2D eigenvalue weighted by molar-refractivity contribution is 14.1. The number of anilines is 1. The molecule has 14 heteroatoms. The molecule has 11 nitrogen and oxygen atoms in total. The van der Waals surface area contributed by atoms with E-state index >= 15 is 4.79 Å². The number of aliphatic carboxylic acids is 1. The second-order valence-electron chi connectivity index (χ2n) is 12.9. The van der Waals surface area contributed by atoms with Crippen LogP contribution < -0.4 is 10.2 Å². The van der Waals surface area contributed by atoms with Gasteiger partial charge in [0, 0.05) is 17.5 Å². The second kappa shape index (κ2) is 12.7. The van der Waals surface area contributed by atoms with Gasteiger partial charge in [0.05, 0.1) is 46.0 Å². The van der Waals surface area contributed by atoms with Crippen LogP contribution in [0.1, 0.15) is 36.3 Å².